The lowest BCUT2D eigenvalue weighted by atomic mass is 9.96. The van der Waals surface area contributed by atoms with Crippen LogP contribution in [0.2, 0.25) is 0 Å². The number of furan rings is 2. The van der Waals surface area contributed by atoms with Gasteiger partial charge in [0.05, 0.1) is 11.4 Å². The summed E-state index contributed by atoms with van der Waals surface area (Å²) >= 11 is 1.87. The average Bonchev–Trinajstić information content (AvgIpc) is 4.03. The molecule has 0 radical (unpaired) electrons. The molecule has 0 bridgehead atoms. The van der Waals surface area contributed by atoms with Gasteiger partial charge in [-0.1, -0.05) is 132 Å². The molecule has 13 rings (SSSR count). The first kappa shape index (κ1) is 35.9. The highest BCUT2D eigenvalue weighted by atomic mass is 32.1. The maximum atomic E-state index is 6.65. The first-order valence-electron chi connectivity index (χ1n) is 21.4. The Morgan fingerprint density at radius 2 is 0.810 bits per heavy atom. The highest BCUT2D eigenvalue weighted by Gasteiger charge is 2.23. The van der Waals surface area contributed by atoms with E-state index >= 15 is 0 Å². The lowest BCUT2D eigenvalue weighted by Crippen LogP contribution is -2.10. The predicted octanol–water partition coefficient (Wildman–Crippen LogP) is 17.7. The van der Waals surface area contributed by atoms with Crippen molar-refractivity contribution in [3.05, 3.63) is 205 Å². The Bertz CT molecular complexity index is 3950. The number of benzene rings is 10. The van der Waals surface area contributed by atoms with Crippen molar-refractivity contribution >= 4 is 131 Å². The molecule has 5 heteroatoms. The number of thiophene rings is 1. The Balaban J connectivity index is 1.02. The van der Waals surface area contributed by atoms with Crippen LogP contribution in [0.3, 0.4) is 0 Å². The number of hydrogen-bond donors (Lipinski definition) is 0. The molecule has 0 atom stereocenters. The maximum absolute atomic E-state index is 6.65. The zero-order chi connectivity index (χ0) is 41.8. The van der Waals surface area contributed by atoms with E-state index in [1.54, 1.807) is 0 Å². The molecule has 10 aromatic carbocycles. The second kappa shape index (κ2) is 13.8. The summed E-state index contributed by atoms with van der Waals surface area (Å²) in [4.78, 5) is 4.70. The Hall–Kier alpha value is -7.86. The summed E-state index contributed by atoms with van der Waals surface area (Å²) in [7, 11) is 0. The van der Waals surface area contributed by atoms with Crippen molar-refractivity contribution in [2.75, 3.05) is 9.80 Å². The normalized spacial score (nSPS) is 12.0. The zero-order valence-electron chi connectivity index (χ0n) is 34.6. The van der Waals surface area contributed by atoms with Crippen LogP contribution in [0.4, 0.5) is 34.1 Å². The third-order valence-corrected chi connectivity index (χ3v) is 13.9. The summed E-state index contributed by atoms with van der Waals surface area (Å²) in [6.45, 7) is 4.27. The molecular formula is C58H38N2O2S. The molecule has 13 aromatic rings. The van der Waals surface area contributed by atoms with Gasteiger partial charge >= 0.3 is 0 Å². The summed E-state index contributed by atoms with van der Waals surface area (Å²) in [6.07, 6.45) is 0. The molecule has 4 nitrogen and oxygen atoms in total. The van der Waals surface area contributed by atoms with Crippen LogP contribution >= 0.6 is 11.3 Å². The Kier molecular flexibility index (Phi) is 7.87. The Morgan fingerprint density at radius 3 is 1.38 bits per heavy atom. The van der Waals surface area contributed by atoms with E-state index in [2.05, 4.69) is 206 Å². The number of para-hydroxylation sites is 4. The number of aryl methyl sites for hydroxylation is 2. The summed E-state index contributed by atoms with van der Waals surface area (Å²) < 4.78 is 15.8. The van der Waals surface area contributed by atoms with Crippen molar-refractivity contribution in [1.82, 2.24) is 0 Å². The first-order valence-corrected chi connectivity index (χ1v) is 22.2. The number of hydrogen-bond acceptors (Lipinski definition) is 5. The number of rotatable bonds is 6. The van der Waals surface area contributed by atoms with Gasteiger partial charge in [-0.05, 0) is 103 Å². The molecule has 298 valence electrons. The van der Waals surface area contributed by atoms with Crippen molar-refractivity contribution in [3.63, 3.8) is 0 Å². The lowest BCUT2D eigenvalue weighted by molar-refractivity contribution is 0.668. The summed E-state index contributed by atoms with van der Waals surface area (Å²) in [5.41, 5.74) is 12.3. The summed E-state index contributed by atoms with van der Waals surface area (Å²) in [6, 6.07) is 70.0. The van der Waals surface area contributed by atoms with Gasteiger partial charge in [-0.2, -0.15) is 0 Å². The van der Waals surface area contributed by atoms with Crippen LogP contribution in [0.5, 0.6) is 0 Å². The van der Waals surface area contributed by atoms with Crippen LogP contribution in [0.1, 0.15) is 11.1 Å². The van der Waals surface area contributed by atoms with Gasteiger partial charge in [0.15, 0.2) is 11.2 Å². The molecule has 0 unspecified atom stereocenters. The molecule has 0 spiro atoms. The van der Waals surface area contributed by atoms with Gasteiger partial charge in [-0.25, -0.2) is 0 Å². The van der Waals surface area contributed by atoms with Crippen LogP contribution in [0.15, 0.2) is 203 Å². The van der Waals surface area contributed by atoms with E-state index in [0.29, 0.717) is 0 Å². The molecule has 63 heavy (non-hydrogen) atoms. The van der Waals surface area contributed by atoms with E-state index in [1.807, 2.05) is 23.5 Å². The smallest absolute Gasteiger partial charge is 0.159 e. The van der Waals surface area contributed by atoms with Crippen molar-refractivity contribution in [3.8, 4) is 0 Å². The van der Waals surface area contributed by atoms with Gasteiger partial charge in [0.1, 0.15) is 11.2 Å². The fraction of sp³-hybridized carbons (Fsp3) is 0.0345. The second-order valence-electron chi connectivity index (χ2n) is 16.6. The first-order chi connectivity index (χ1) is 31.1. The van der Waals surface area contributed by atoms with Crippen LogP contribution in [-0.4, -0.2) is 0 Å². The van der Waals surface area contributed by atoms with Gasteiger partial charge in [0.25, 0.3) is 0 Å². The highest BCUT2D eigenvalue weighted by Crippen LogP contribution is 2.49. The van der Waals surface area contributed by atoms with Crippen LogP contribution < -0.4 is 9.80 Å². The Labute approximate surface area is 367 Å². The standard InChI is InChI=1S/C58H38N2O2S/c1-35-21-25-37(26-22-35)59(50-17-9-15-45-42-12-5-7-19-52(42)61-56(45)50)39-29-31-47-49(33-39)41-11-3-4-14-44(41)55-48-32-30-40(34-54(48)63-58(47)55)60(38-27-23-36(2)24-28-38)51-18-10-16-46-43-13-6-8-20-53(43)62-57(46)51/h3-34H,1-2H3. The van der Waals surface area contributed by atoms with Crippen molar-refractivity contribution < 1.29 is 8.83 Å². The maximum Gasteiger partial charge on any atom is 0.159 e. The van der Waals surface area contributed by atoms with Crippen molar-refractivity contribution in [1.29, 1.82) is 0 Å². The molecular weight excluding hydrogens is 789 g/mol. The fourth-order valence-electron chi connectivity index (χ4n) is 9.77. The fourth-order valence-corrected chi connectivity index (χ4v) is 11.1. The minimum absolute atomic E-state index is 0.872. The van der Waals surface area contributed by atoms with E-state index in [-0.39, 0.29) is 0 Å². The van der Waals surface area contributed by atoms with Crippen LogP contribution in [0, 0.1) is 13.8 Å². The molecule has 0 aliphatic rings. The SMILES string of the molecule is Cc1ccc(N(c2ccc3c(c2)sc2c4ccc(N(c5ccc(C)cc5)c5cccc6c5oc5ccccc56)cc4c4ccccc4c32)c2cccc3c2oc2ccccc23)cc1. The molecule has 0 aliphatic carbocycles. The van der Waals surface area contributed by atoms with Crippen LogP contribution in [-0.2, 0) is 0 Å². The van der Waals surface area contributed by atoms with Gasteiger partial charge < -0.3 is 18.6 Å². The van der Waals surface area contributed by atoms with Crippen molar-refractivity contribution in [2.24, 2.45) is 0 Å². The minimum atomic E-state index is 0.872. The second-order valence-corrected chi connectivity index (χ2v) is 17.7. The number of nitrogens with zero attached hydrogens (tertiary/aromatic N) is 2. The molecule has 0 N–H and O–H groups in total. The predicted molar refractivity (Wildman–Crippen MR) is 268 cm³/mol. The minimum Gasteiger partial charge on any atom is -0.454 e. The molecule has 0 saturated carbocycles. The molecule has 0 fully saturated rings. The van der Waals surface area contributed by atoms with E-state index in [0.717, 1.165) is 78.0 Å². The van der Waals surface area contributed by atoms with Gasteiger partial charge in [-0.15, -0.1) is 11.3 Å². The summed E-state index contributed by atoms with van der Waals surface area (Å²) in [5, 5.41) is 11.9. The quantitative estimate of drug-likeness (QED) is 0.156. The number of anilines is 6. The molecule has 0 amide bonds. The zero-order valence-corrected chi connectivity index (χ0v) is 35.4. The average molecular weight is 827 g/mol. The monoisotopic (exact) mass is 826 g/mol. The largest absolute Gasteiger partial charge is 0.454 e. The molecule has 0 aliphatic heterocycles. The third kappa shape index (κ3) is 5.53. The van der Waals surface area contributed by atoms with Gasteiger partial charge in [0.2, 0.25) is 0 Å². The number of fused-ring (bicyclic) bond motifs is 14. The lowest BCUT2D eigenvalue weighted by Gasteiger charge is -2.26. The van der Waals surface area contributed by atoms with Crippen molar-refractivity contribution in [2.45, 2.75) is 13.8 Å². The highest BCUT2D eigenvalue weighted by molar-refractivity contribution is 7.27. The van der Waals surface area contributed by atoms with E-state index in [1.165, 1.54) is 52.8 Å². The van der Waals surface area contributed by atoms with Gasteiger partial charge in [-0.3, -0.25) is 0 Å². The summed E-state index contributed by atoms with van der Waals surface area (Å²) in [5.74, 6) is 0. The van der Waals surface area contributed by atoms with Crippen LogP contribution in [0.25, 0.3) is 85.6 Å². The van der Waals surface area contributed by atoms with E-state index < -0.39 is 0 Å². The molecule has 3 aromatic heterocycles. The molecule has 3 heterocycles. The topological polar surface area (TPSA) is 32.8 Å². The molecule has 0 saturated heterocycles. The Morgan fingerprint density at radius 1 is 0.349 bits per heavy atom. The van der Waals surface area contributed by atoms with E-state index in [4.69, 9.17) is 8.83 Å². The third-order valence-electron chi connectivity index (χ3n) is 12.8. The van der Waals surface area contributed by atoms with Gasteiger partial charge in [0, 0.05) is 69.9 Å². The van der Waals surface area contributed by atoms with E-state index in [9.17, 15) is 0 Å².